The van der Waals surface area contributed by atoms with Gasteiger partial charge in [-0.05, 0) is 36.6 Å². The molecule has 0 unspecified atom stereocenters. The summed E-state index contributed by atoms with van der Waals surface area (Å²) >= 11 is 0. The molecule has 0 amide bonds. The minimum atomic E-state index is -3.41. The first-order valence-electron chi connectivity index (χ1n) is 7.04. The molecule has 2 nitrogen and oxygen atoms in total. The first-order chi connectivity index (χ1) is 9.66. The average molecular weight is 288 g/mol. The molecule has 20 heavy (non-hydrogen) atoms. The van der Waals surface area contributed by atoms with Crippen molar-refractivity contribution in [3.05, 3.63) is 60.2 Å². The van der Waals surface area contributed by atoms with Crippen LogP contribution in [0.5, 0.6) is 0 Å². The van der Waals surface area contributed by atoms with Crippen molar-refractivity contribution in [2.75, 3.05) is 0 Å². The summed E-state index contributed by atoms with van der Waals surface area (Å²) < 4.78 is 25.4. The second-order valence-electron chi connectivity index (χ2n) is 4.88. The molecule has 0 heterocycles. The van der Waals surface area contributed by atoms with Crippen LogP contribution in [0.25, 0.3) is 0 Å². The molecule has 2 aromatic rings. The summed E-state index contributed by atoms with van der Waals surface area (Å²) in [5.74, 6) is 0. The quantitative estimate of drug-likeness (QED) is 0.745. The van der Waals surface area contributed by atoms with Gasteiger partial charge in [0, 0.05) is 0 Å². The molecule has 0 spiro atoms. The van der Waals surface area contributed by atoms with E-state index in [4.69, 9.17) is 0 Å². The van der Waals surface area contributed by atoms with Gasteiger partial charge in [-0.15, -0.1) is 0 Å². The topological polar surface area (TPSA) is 34.1 Å². The molecule has 0 saturated carbocycles. The molecule has 0 atom stereocenters. The molecule has 2 rings (SSSR count). The van der Waals surface area contributed by atoms with Crippen LogP contribution in [0.2, 0.25) is 0 Å². The number of unbranched alkanes of at least 4 members (excludes halogenated alkanes) is 2. The van der Waals surface area contributed by atoms with Crippen LogP contribution in [0, 0.1) is 0 Å². The second-order valence-corrected chi connectivity index (χ2v) is 6.80. The SMILES string of the molecule is CCCCCc1ccccc1S(=O)(=O)c1ccccc1. The van der Waals surface area contributed by atoms with Crippen molar-refractivity contribution in [2.45, 2.75) is 42.4 Å². The van der Waals surface area contributed by atoms with Gasteiger partial charge in [-0.2, -0.15) is 0 Å². The normalized spacial score (nSPS) is 11.4. The molecule has 0 aliphatic carbocycles. The van der Waals surface area contributed by atoms with Crippen LogP contribution < -0.4 is 0 Å². The van der Waals surface area contributed by atoms with Crippen LogP contribution in [0.4, 0.5) is 0 Å². The number of hydrogen-bond donors (Lipinski definition) is 0. The predicted molar refractivity (Wildman–Crippen MR) is 81.6 cm³/mol. The van der Waals surface area contributed by atoms with Gasteiger partial charge in [0.15, 0.2) is 0 Å². The smallest absolute Gasteiger partial charge is 0.206 e. The summed E-state index contributed by atoms with van der Waals surface area (Å²) in [6, 6.07) is 16.0. The summed E-state index contributed by atoms with van der Waals surface area (Å²) in [6.45, 7) is 2.15. The van der Waals surface area contributed by atoms with Crippen molar-refractivity contribution < 1.29 is 8.42 Å². The minimum Gasteiger partial charge on any atom is -0.219 e. The third kappa shape index (κ3) is 3.28. The van der Waals surface area contributed by atoms with Gasteiger partial charge in [-0.1, -0.05) is 56.2 Å². The van der Waals surface area contributed by atoms with E-state index in [-0.39, 0.29) is 0 Å². The second kappa shape index (κ2) is 6.71. The van der Waals surface area contributed by atoms with Crippen molar-refractivity contribution in [2.24, 2.45) is 0 Å². The summed E-state index contributed by atoms with van der Waals surface area (Å²) in [5, 5.41) is 0. The van der Waals surface area contributed by atoms with Crippen LogP contribution in [-0.2, 0) is 16.3 Å². The summed E-state index contributed by atoms with van der Waals surface area (Å²) in [6.07, 6.45) is 4.10. The number of benzene rings is 2. The fourth-order valence-electron chi connectivity index (χ4n) is 2.26. The Kier molecular flexibility index (Phi) is 4.96. The zero-order valence-electron chi connectivity index (χ0n) is 11.7. The number of sulfone groups is 1. The molecule has 0 fully saturated rings. The van der Waals surface area contributed by atoms with Crippen molar-refractivity contribution in [3.8, 4) is 0 Å². The van der Waals surface area contributed by atoms with E-state index in [1.54, 1.807) is 36.4 Å². The highest BCUT2D eigenvalue weighted by atomic mass is 32.2. The van der Waals surface area contributed by atoms with Crippen LogP contribution in [0.15, 0.2) is 64.4 Å². The lowest BCUT2D eigenvalue weighted by Gasteiger charge is -2.10. The minimum absolute atomic E-state index is 0.364. The first kappa shape index (κ1) is 14.8. The number of hydrogen-bond acceptors (Lipinski definition) is 2. The maximum absolute atomic E-state index is 12.7. The Hall–Kier alpha value is -1.61. The van der Waals surface area contributed by atoms with Gasteiger partial charge in [0.25, 0.3) is 0 Å². The van der Waals surface area contributed by atoms with E-state index >= 15 is 0 Å². The van der Waals surface area contributed by atoms with Crippen LogP contribution in [0.3, 0.4) is 0 Å². The molecule has 3 heteroatoms. The van der Waals surface area contributed by atoms with Crippen molar-refractivity contribution in [1.82, 2.24) is 0 Å². The van der Waals surface area contributed by atoms with E-state index in [0.717, 1.165) is 31.2 Å². The lowest BCUT2D eigenvalue weighted by atomic mass is 10.1. The van der Waals surface area contributed by atoms with Crippen molar-refractivity contribution in [1.29, 1.82) is 0 Å². The van der Waals surface area contributed by atoms with E-state index in [9.17, 15) is 8.42 Å². The molecule has 0 radical (unpaired) electrons. The molecule has 0 N–H and O–H groups in total. The average Bonchev–Trinajstić information content (AvgIpc) is 2.49. The first-order valence-corrected chi connectivity index (χ1v) is 8.52. The molecule has 2 aromatic carbocycles. The molecule has 0 saturated heterocycles. The molecule has 106 valence electrons. The van der Waals surface area contributed by atoms with E-state index in [1.165, 1.54) is 0 Å². The van der Waals surface area contributed by atoms with Gasteiger partial charge in [-0.3, -0.25) is 0 Å². The van der Waals surface area contributed by atoms with Crippen molar-refractivity contribution >= 4 is 9.84 Å². The Morgan fingerprint density at radius 3 is 2.20 bits per heavy atom. The molecule has 0 aliphatic rings. The van der Waals surface area contributed by atoms with Gasteiger partial charge in [0.2, 0.25) is 9.84 Å². The molecule has 0 aliphatic heterocycles. The molecule has 0 bridgehead atoms. The largest absolute Gasteiger partial charge is 0.219 e. The summed E-state index contributed by atoms with van der Waals surface area (Å²) in [5.41, 5.74) is 0.921. The van der Waals surface area contributed by atoms with E-state index in [1.807, 2.05) is 18.2 Å². The highest BCUT2D eigenvalue weighted by molar-refractivity contribution is 7.91. The lowest BCUT2D eigenvalue weighted by Crippen LogP contribution is -2.05. The Labute approximate surface area is 121 Å². The monoisotopic (exact) mass is 288 g/mol. The Bertz CT molecular complexity index is 646. The Morgan fingerprint density at radius 1 is 0.850 bits per heavy atom. The van der Waals surface area contributed by atoms with Gasteiger partial charge >= 0.3 is 0 Å². The van der Waals surface area contributed by atoms with Crippen LogP contribution >= 0.6 is 0 Å². The van der Waals surface area contributed by atoms with Crippen LogP contribution in [0.1, 0.15) is 31.7 Å². The zero-order chi connectivity index (χ0) is 14.4. The maximum Gasteiger partial charge on any atom is 0.206 e. The molecule has 0 aromatic heterocycles. The molecular formula is C17H20O2S. The summed E-state index contributed by atoms with van der Waals surface area (Å²) in [7, 11) is -3.41. The Morgan fingerprint density at radius 2 is 1.50 bits per heavy atom. The summed E-state index contributed by atoms with van der Waals surface area (Å²) in [4.78, 5) is 0.810. The zero-order valence-corrected chi connectivity index (χ0v) is 12.6. The van der Waals surface area contributed by atoms with Gasteiger partial charge < -0.3 is 0 Å². The van der Waals surface area contributed by atoms with E-state index < -0.39 is 9.84 Å². The maximum atomic E-state index is 12.7. The number of aryl methyl sites for hydroxylation is 1. The van der Waals surface area contributed by atoms with Crippen molar-refractivity contribution in [3.63, 3.8) is 0 Å². The Balaban J connectivity index is 2.37. The van der Waals surface area contributed by atoms with Gasteiger partial charge in [0.1, 0.15) is 0 Å². The fraction of sp³-hybridized carbons (Fsp3) is 0.294. The third-order valence-electron chi connectivity index (χ3n) is 3.37. The fourth-order valence-corrected chi connectivity index (χ4v) is 3.81. The molecular weight excluding hydrogens is 268 g/mol. The van der Waals surface area contributed by atoms with Gasteiger partial charge in [0.05, 0.1) is 9.79 Å². The third-order valence-corrected chi connectivity index (χ3v) is 5.24. The lowest BCUT2D eigenvalue weighted by molar-refractivity contribution is 0.594. The van der Waals surface area contributed by atoms with E-state index in [2.05, 4.69) is 6.92 Å². The van der Waals surface area contributed by atoms with Crippen LogP contribution in [-0.4, -0.2) is 8.42 Å². The van der Waals surface area contributed by atoms with Gasteiger partial charge in [-0.25, -0.2) is 8.42 Å². The number of rotatable bonds is 6. The highest BCUT2D eigenvalue weighted by Crippen LogP contribution is 2.25. The highest BCUT2D eigenvalue weighted by Gasteiger charge is 2.20. The predicted octanol–water partition coefficient (Wildman–Crippen LogP) is 4.25. The van der Waals surface area contributed by atoms with E-state index in [0.29, 0.717) is 9.79 Å². The standard InChI is InChI=1S/C17H20O2S/c1-2-3-5-10-15-11-8-9-14-17(15)20(18,19)16-12-6-4-7-13-16/h4,6-9,11-14H,2-3,5,10H2,1H3.